The highest BCUT2D eigenvalue weighted by molar-refractivity contribution is 7.10. The smallest absolute Gasteiger partial charge is 0.123 e. The molecule has 1 unspecified atom stereocenters. The van der Waals surface area contributed by atoms with Crippen LogP contribution in [0.2, 0.25) is 0 Å². The highest BCUT2D eigenvalue weighted by Gasteiger charge is 2.13. The number of thiazole rings is 1. The summed E-state index contributed by atoms with van der Waals surface area (Å²) in [5.41, 5.74) is 1.71. The lowest BCUT2D eigenvalue weighted by Gasteiger charge is -2.10. The Morgan fingerprint density at radius 1 is 1.44 bits per heavy atom. The first-order chi connectivity index (χ1) is 8.74. The van der Waals surface area contributed by atoms with Crippen molar-refractivity contribution < 1.29 is 4.39 Å². The van der Waals surface area contributed by atoms with Crippen LogP contribution < -0.4 is 5.32 Å². The van der Waals surface area contributed by atoms with Crippen molar-refractivity contribution in [2.24, 2.45) is 0 Å². The molecule has 0 saturated heterocycles. The summed E-state index contributed by atoms with van der Waals surface area (Å²) in [6.07, 6.45) is 1.05. The first kappa shape index (κ1) is 13.2. The Morgan fingerprint density at radius 2 is 2.28 bits per heavy atom. The van der Waals surface area contributed by atoms with Crippen LogP contribution in [0, 0.1) is 5.82 Å². The first-order valence-electron chi connectivity index (χ1n) is 6.10. The van der Waals surface area contributed by atoms with Crippen molar-refractivity contribution in [1.82, 2.24) is 10.3 Å². The molecule has 1 aromatic heterocycles. The lowest BCUT2D eigenvalue weighted by molar-refractivity contribution is 0.608. The lowest BCUT2D eigenvalue weighted by Crippen LogP contribution is -2.16. The van der Waals surface area contributed by atoms with Gasteiger partial charge in [0.1, 0.15) is 5.82 Å². The molecule has 2 rings (SSSR count). The van der Waals surface area contributed by atoms with E-state index in [9.17, 15) is 4.39 Å². The third kappa shape index (κ3) is 2.94. The van der Waals surface area contributed by atoms with E-state index in [1.807, 2.05) is 18.5 Å². The second kappa shape index (κ2) is 6.07. The molecule has 0 aliphatic carbocycles. The molecule has 4 heteroatoms. The Labute approximate surface area is 111 Å². The molecule has 0 saturated carbocycles. The molecule has 0 aliphatic rings. The van der Waals surface area contributed by atoms with Crippen LogP contribution in [0.25, 0.3) is 11.3 Å². The van der Waals surface area contributed by atoms with Crippen molar-refractivity contribution in [3.63, 3.8) is 0 Å². The predicted octanol–water partition coefficient (Wildman–Crippen LogP) is 3.66. The molecule has 1 aromatic carbocycles. The molecule has 0 aliphatic heterocycles. The highest BCUT2D eigenvalue weighted by Crippen LogP contribution is 2.28. The number of aromatic nitrogens is 1. The maximum atomic E-state index is 13.2. The fourth-order valence-corrected chi connectivity index (χ4v) is 2.92. The number of benzene rings is 1. The summed E-state index contributed by atoms with van der Waals surface area (Å²) < 4.78 is 13.2. The van der Waals surface area contributed by atoms with Gasteiger partial charge in [0, 0.05) is 23.4 Å². The number of hydrogen-bond acceptors (Lipinski definition) is 3. The maximum absolute atomic E-state index is 13.2. The molecule has 0 bridgehead atoms. The normalized spacial score (nSPS) is 12.6. The van der Waals surface area contributed by atoms with Crippen molar-refractivity contribution in [3.05, 3.63) is 40.5 Å². The van der Waals surface area contributed by atoms with E-state index in [1.54, 1.807) is 17.4 Å². The number of nitrogens with one attached hydrogen (secondary N) is 1. The van der Waals surface area contributed by atoms with Crippen molar-refractivity contribution in [2.45, 2.75) is 19.3 Å². The molecule has 1 heterocycles. The summed E-state index contributed by atoms with van der Waals surface area (Å²) in [5, 5.41) is 6.30. The quantitative estimate of drug-likeness (QED) is 0.891. The van der Waals surface area contributed by atoms with Gasteiger partial charge in [-0.05, 0) is 25.6 Å². The van der Waals surface area contributed by atoms with Gasteiger partial charge in [-0.1, -0.05) is 19.1 Å². The van der Waals surface area contributed by atoms with E-state index in [0.717, 1.165) is 29.2 Å². The fraction of sp³-hybridized carbons (Fsp3) is 0.357. The molecule has 1 N–H and O–H groups in total. The number of likely N-dealkylation sites (N-methyl/N-ethyl adjacent to an activating group) is 1. The molecule has 18 heavy (non-hydrogen) atoms. The van der Waals surface area contributed by atoms with Gasteiger partial charge >= 0.3 is 0 Å². The Bertz CT molecular complexity index is 510. The second-order valence-electron chi connectivity index (χ2n) is 4.24. The maximum Gasteiger partial charge on any atom is 0.123 e. The molecule has 1 atom stereocenters. The van der Waals surface area contributed by atoms with Crippen molar-refractivity contribution in [3.8, 4) is 11.3 Å². The van der Waals surface area contributed by atoms with Crippen LogP contribution in [0.4, 0.5) is 4.39 Å². The topological polar surface area (TPSA) is 24.9 Å². The summed E-state index contributed by atoms with van der Waals surface area (Å²) in [4.78, 5) is 4.62. The third-order valence-electron chi connectivity index (χ3n) is 2.93. The summed E-state index contributed by atoms with van der Waals surface area (Å²) in [6.45, 7) is 3.08. The average Bonchev–Trinajstić information content (AvgIpc) is 2.85. The fourth-order valence-electron chi connectivity index (χ4n) is 1.91. The monoisotopic (exact) mass is 264 g/mol. The van der Waals surface area contributed by atoms with E-state index in [2.05, 4.69) is 17.2 Å². The standard InChI is InChI=1S/C14H17FN2S/c1-3-10(8-16-2)14-17-13(9-18-14)11-5-4-6-12(15)7-11/h4-7,9-10,16H,3,8H2,1-2H3. The van der Waals surface area contributed by atoms with Crippen LogP contribution in [-0.2, 0) is 0 Å². The zero-order chi connectivity index (χ0) is 13.0. The van der Waals surface area contributed by atoms with Crippen LogP contribution in [0.3, 0.4) is 0 Å². The van der Waals surface area contributed by atoms with Crippen LogP contribution in [-0.4, -0.2) is 18.6 Å². The summed E-state index contributed by atoms with van der Waals surface area (Å²) >= 11 is 1.65. The minimum atomic E-state index is -0.218. The Kier molecular flexibility index (Phi) is 4.44. The van der Waals surface area contributed by atoms with Crippen LogP contribution in [0.1, 0.15) is 24.3 Å². The zero-order valence-electron chi connectivity index (χ0n) is 10.6. The SMILES string of the molecule is CCC(CNC)c1nc(-c2cccc(F)c2)cs1. The van der Waals surface area contributed by atoms with Gasteiger partial charge in [0.05, 0.1) is 10.7 Å². The van der Waals surface area contributed by atoms with E-state index >= 15 is 0 Å². The van der Waals surface area contributed by atoms with Gasteiger partial charge in [-0.3, -0.25) is 0 Å². The Hall–Kier alpha value is -1.26. The molecule has 0 amide bonds. The van der Waals surface area contributed by atoms with Crippen LogP contribution >= 0.6 is 11.3 Å². The average molecular weight is 264 g/mol. The van der Waals surface area contributed by atoms with Gasteiger partial charge < -0.3 is 5.32 Å². The minimum Gasteiger partial charge on any atom is -0.319 e. The van der Waals surface area contributed by atoms with E-state index in [4.69, 9.17) is 0 Å². The minimum absolute atomic E-state index is 0.218. The molecule has 2 aromatic rings. The Morgan fingerprint density at radius 3 is 2.94 bits per heavy atom. The lowest BCUT2D eigenvalue weighted by atomic mass is 10.1. The highest BCUT2D eigenvalue weighted by atomic mass is 32.1. The number of nitrogens with zero attached hydrogens (tertiary/aromatic N) is 1. The molecule has 2 nitrogen and oxygen atoms in total. The van der Waals surface area contributed by atoms with Gasteiger partial charge in [-0.25, -0.2) is 9.37 Å². The zero-order valence-corrected chi connectivity index (χ0v) is 11.4. The number of hydrogen-bond donors (Lipinski definition) is 1. The van der Waals surface area contributed by atoms with Gasteiger partial charge in [-0.2, -0.15) is 0 Å². The first-order valence-corrected chi connectivity index (χ1v) is 6.98. The molecular formula is C14H17FN2S. The van der Waals surface area contributed by atoms with E-state index in [0.29, 0.717) is 5.92 Å². The third-order valence-corrected chi connectivity index (χ3v) is 3.94. The van der Waals surface area contributed by atoms with E-state index < -0.39 is 0 Å². The molecular weight excluding hydrogens is 247 g/mol. The van der Waals surface area contributed by atoms with Gasteiger partial charge in [-0.15, -0.1) is 11.3 Å². The molecule has 0 spiro atoms. The number of halogens is 1. The largest absolute Gasteiger partial charge is 0.319 e. The molecule has 96 valence electrons. The van der Waals surface area contributed by atoms with Crippen LogP contribution in [0.15, 0.2) is 29.6 Å². The van der Waals surface area contributed by atoms with Gasteiger partial charge in [0.25, 0.3) is 0 Å². The van der Waals surface area contributed by atoms with Gasteiger partial charge in [0.2, 0.25) is 0 Å². The second-order valence-corrected chi connectivity index (χ2v) is 5.13. The van der Waals surface area contributed by atoms with Crippen molar-refractivity contribution >= 4 is 11.3 Å². The van der Waals surface area contributed by atoms with E-state index in [-0.39, 0.29) is 5.82 Å². The van der Waals surface area contributed by atoms with Crippen LogP contribution in [0.5, 0.6) is 0 Å². The van der Waals surface area contributed by atoms with Gasteiger partial charge in [0.15, 0.2) is 0 Å². The van der Waals surface area contributed by atoms with E-state index in [1.165, 1.54) is 12.1 Å². The summed E-state index contributed by atoms with van der Waals surface area (Å²) in [5.74, 6) is 0.214. The summed E-state index contributed by atoms with van der Waals surface area (Å²) in [7, 11) is 1.95. The van der Waals surface area contributed by atoms with Crippen molar-refractivity contribution in [1.29, 1.82) is 0 Å². The van der Waals surface area contributed by atoms with Crippen molar-refractivity contribution in [2.75, 3.05) is 13.6 Å². The molecule has 0 radical (unpaired) electrons. The predicted molar refractivity (Wildman–Crippen MR) is 74.5 cm³/mol. The Balaban J connectivity index is 2.24. The molecule has 0 fully saturated rings. The summed E-state index contributed by atoms with van der Waals surface area (Å²) in [6, 6.07) is 6.58. The number of rotatable bonds is 5.